The molecule has 0 unspecified atom stereocenters. The molecule has 0 atom stereocenters. The molecule has 4 heteroatoms. The van der Waals surface area contributed by atoms with Gasteiger partial charge in [-0.2, -0.15) is 0 Å². The number of hydrogen-bond donors (Lipinski definition) is 0. The van der Waals surface area contributed by atoms with Gasteiger partial charge in [-0.1, -0.05) is 78.3 Å². The third-order valence-corrected chi connectivity index (χ3v) is 9.47. The Labute approximate surface area is 235 Å². The molecule has 2 nitrogen and oxygen atoms in total. The Hall–Kier alpha value is -4.80. The molecule has 0 aliphatic heterocycles. The summed E-state index contributed by atoms with van der Waals surface area (Å²) in [5, 5.41) is 7.46. The maximum atomic E-state index is 6.75. The van der Waals surface area contributed by atoms with Gasteiger partial charge in [0, 0.05) is 53.1 Å². The second-order valence-electron chi connectivity index (χ2n) is 10.4. The topological polar surface area (TPSA) is 9.86 Å². The summed E-state index contributed by atoms with van der Waals surface area (Å²) in [6, 6.07) is 45.8. The van der Waals surface area contributed by atoms with E-state index in [1.54, 1.807) is 11.3 Å². The van der Waals surface area contributed by atoms with E-state index in [1.807, 2.05) is 0 Å². The van der Waals surface area contributed by atoms with Gasteiger partial charge in [0.25, 0.3) is 0 Å². The number of hydrogen-bond acceptors (Lipinski definition) is 1. The molecule has 0 spiro atoms. The van der Waals surface area contributed by atoms with Crippen molar-refractivity contribution in [2.75, 3.05) is 0 Å². The largest absolute Gasteiger partial charge is 0.309 e. The standard InChI is InChI=1S/C36H21BN2S/c37-30-19-23(18-29-26-14-6-9-17-35(26)40-36(29)30)39-32-16-8-5-13-25(32)28-20-27-24-12-4-7-15-31(24)38(33(27)21-34(28)39)22-10-2-1-3-11-22/h1-21H. The molecule has 40 heavy (non-hydrogen) atoms. The van der Waals surface area contributed by atoms with Crippen LogP contribution in [0.2, 0.25) is 0 Å². The van der Waals surface area contributed by atoms with Crippen molar-refractivity contribution in [2.45, 2.75) is 0 Å². The molecule has 0 N–H and O–H groups in total. The lowest BCUT2D eigenvalue weighted by molar-refractivity contribution is 1.17. The Morgan fingerprint density at radius 2 is 1.00 bits per heavy atom. The lowest BCUT2D eigenvalue weighted by atomic mass is 9.93. The third-order valence-electron chi connectivity index (χ3n) is 8.23. The molecule has 0 saturated heterocycles. The van der Waals surface area contributed by atoms with Gasteiger partial charge in [0.1, 0.15) is 7.85 Å². The lowest BCUT2D eigenvalue weighted by Crippen LogP contribution is -2.05. The van der Waals surface area contributed by atoms with Gasteiger partial charge in [-0.25, -0.2) is 0 Å². The van der Waals surface area contributed by atoms with Crippen LogP contribution in [0.25, 0.3) is 75.2 Å². The first kappa shape index (κ1) is 22.1. The summed E-state index contributed by atoms with van der Waals surface area (Å²) < 4.78 is 7.19. The van der Waals surface area contributed by atoms with Crippen molar-refractivity contribution in [1.82, 2.24) is 9.13 Å². The summed E-state index contributed by atoms with van der Waals surface area (Å²) in [5.41, 5.74) is 7.82. The fourth-order valence-corrected chi connectivity index (χ4v) is 7.64. The van der Waals surface area contributed by atoms with E-state index < -0.39 is 0 Å². The van der Waals surface area contributed by atoms with E-state index in [4.69, 9.17) is 7.85 Å². The SMILES string of the molecule is [B]c1cc(-n2c3ccccc3c3cc4c5ccccc5n(-c5ccccc5)c4cc32)cc2c1sc1ccccc12. The van der Waals surface area contributed by atoms with Gasteiger partial charge in [-0.05, 0) is 54.6 Å². The number of thiophene rings is 1. The molecule has 184 valence electrons. The van der Waals surface area contributed by atoms with Crippen molar-refractivity contribution in [3.05, 3.63) is 127 Å². The van der Waals surface area contributed by atoms with Crippen LogP contribution in [-0.2, 0) is 0 Å². The van der Waals surface area contributed by atoms with Crippen LogP contribution in [0.5, 0.6) is 0 Å². The smallest absolute Gasteiger partial charge is 0.115 e. The average Bonchev–Trinajstić information content (AvgIpc) is 3.64. The normalized spacial score (nSPS) is 12.1. The van der Waals surface area contributed by atoms with E-state index in [9.17, 15) is 0 Å². The fraction of sp³-hybridized carbons (Fsp3) is 0. The quantitative estimate of drug-likeness (QED) is 0.200. The van der Waals surface area contributed by atoms with Gasteiger partial charge >= 0.3 is 0 Å². The first-order chi connectivity index (χ1) is 19.8. The average molecular weight is 524 g/mol. The van der Waals surface area contributed by atoms with Crippen LogP contribution < -0.4 is 5.46 Å². The molecule has 9 rings (SSSR count). The molecule has 0 saturated carbocycles. The number of rotatable bonds is 2. The lowest BCUT2D eigenvalue weighted by Gasteiger charge is -2.11. The van der Waals surface area contributed by atoms with Crippen LogP contribution in [-0.4, -0.2) is 17.0 Å². The molecule has 0 amide bonds. The van der Waals surface area contributed by atoms with Crippen LogP contribution in [0.4, 0.5) is 0 Å². The highest BCUT2D eigenvalue weighted by molar-refractivity contribution is 7.26. The highest BCUT2D eigenvalue weighted by Crippen LogP contribution is 2.40. The third kappa shape index (κ3) is 2.94. The molecule has 3 aromatic heterocycles. The zero-order valence-electron chi connectivity index (χ0n) is 21.5. The van der Waals surface area contributed by atoms with Gasteiger partial charge < -0.3 is 9.13 Å². The van der Waals surface area contributed by atoms with Crippen LogP contribution in [0, 0.1) is 0 Å². The number of para-hydroxylation sites is 3. The minimum Gasteiger partial charge on any atom is -0.309 e. The monoisotopic (exact) mass is 524 g/mol. The summed E-state index contributed by atoms with van der Waals surface area (Å²) in [5.74, 6) is 0. The van der Waals surface area contributed by atoms with Crippen molar-refractivity contribution in [2.24, 2.45) is 0 Å². The first-order valence-electron chi connectivity index (χ1n) is 13.5. The van der Waals surface area contributed by atoms with Crippen LogP contribution in [0.15, 0.2) is 127 Å². The predicted octanol–water partition coefficient (Wildman–Crippen LogP) is 9.04. The molecule has 0 aliphatic rings. The first-order valence-corrected chi connectivity index (χ1v) is 14.3. The zero-order chi connectivity index (χ0) is 26.4. The van der Waals surface area contributed by atoms with Crippen molar-refractivity contribution in [1.29, 1.82) is 0 Å². The Balaban J connectivity index is 1.45. The highest BCUT2D eigenvalue weighted by Gasteiger charge is 2.19. The molecule has 3 heterocycles. The van der Waals surface area contributed by atoms with E-state index in [1.165, 1.54) is 59.1 Å². The van der Waals surface area contributed by atoms with E-state index >= 15 is 0 Å². The second kappa shape index (κ2) is 8.11. The fourth-order valence-electron chi connectivity index (χ4n) is 6.53. The maximum absolute atomic E-state index is 6.75. The summed E-state index contributed by atoms with van der Waals surface area (Å²) in [4.78, 5) is 0. The Morgan fingerprint density at radius 1 is 0.425 bits per heavy atom. The molecule has 2 radical (unpaired) electrons. The van der Waals surface area contributed by atoms with Gasteiger partial charge in [0.05, 0.1) is 22.1 Å². The Morgan fingerprint density at radius 3 is 1.70 bits per heavy atom. The van der Waals surface area contributed by atoms with Crippen molar-refractivity contribution >= 4 is 88.4 Å². The minimum atomic E-state index is 0.819. The van der Waals surface area contributed by atoms with E-state index in [0.29, 0.717) is 0 Å². The molecule has 0 fully saturated rings. The van der Waals surface area contributed by atoms with Gasteiger partial charge in [0.15, 0.2) is 0 Å². The van der Waals surface area contributed by atoms with Crippen molar-refractivity contribution in [3.63, 3.8) is 0 Å². The van der Waals surface area contributed by atoms with Gasteiger partial charge in [-0.3, -0.25) is 0 Å². The van der Waals surface area contributed by atoms with Gasteiger partial charge in [0.2, 0.25) is 0 Å². The Kier molecular flexibility index (Phi) is 4.47. The summed E-state index contributed by atoms with van der Waals surface area (Å²) in [7, 11) is 6.75. The second-order valence-corrected chi connectivity index (χ2v) is 11.5. The number of nitrogens with zero attached hydrogens (tertiary/aromatic N) is 2. The predicted molar refractivity (Wildman–Crippen MR) is 173 cm³/mol. The molecule has 0 aliphatic carbocycles. The summed E-state index contributed by atoms with van der Waals surface area (Å²) in [6.07, 6.45) is 0. The molecular formula is C36H21BN2S. The number of aromatic nitrogens is 2. The van der Waals surface area contributed by atoms with E-state index in [0.717, 1.165) is 21.5 Å². The highest BCUT2D eigenvalue weighted by atomic mass is 32.1. The van der Waals surface area contributed by atoms with Crippen LogP contribution in [0.1, 0.15) is 0 Å². The number of benzene rings is 6. The van der Waals surface area contributed by atoms with Crippen molar-refractivity contribution < 1.29 is 0 Å². The van der Waals surface area contributed by atoms with E-state index in [2.05, 4.69) is 137 Å². The molecular weight excluding hydrogens is 503 g/mol. The van der Waals surface area contributed by atoms with Crippen LogP contribution in [0.3, 0.4) is 0 Å². The van der Waals surface area contributed by atoms with Gasteiger partial charge in [-0.15, -0.1) is 11.3 Å². The zero-order valence-corrected chi connectivity index (χ0v) is 22.3. The number of fused-ring (bicyclic) bond motifs is 9. The molecule has 0 bridgehead atoms. The van der Waals surface area contributed by atoms with Crippen LogP contribution >= 0.6 is 11.3 Å². The summed E-state index contributed by atoms with van der Waals surface area (Å²) in [6.45, 7) is 0. The summed E-state index contributed by atoms with van der Waals surface area (Å²) >= 11 is 1.77. The Bertz CT molecular complexity index is 2440. The molecule has 6 aromatic carbocycles. The van der Waals surface area contributed by atoms with E-state index in [-0.39, 0.29) is 0 Å². The van der Waals surface area contributed by atoms with Crippen molar-refractivity contribution in [3.8, 4) is 11.4 Å². The molecule has 9 aromatic rings. The maximum Gasteiger partial charge on any atom is 0.115 e. The minimum absolute atomic E-state index is 0.819.